The summed E-state index contributed by atoms with van der Waals surface area (Å²) in [6, 6.07) is 0.433. The number of hydrogen-bond acceptors (Lipinski definition) is 7. The van der Waals surface area contributed by atoms with E-state index in [1.807, 2.05) is 0 Å². The summed E-state index contributed by atoms with van der Waals surface area (Å²) < 4.78 is 24.6. The highest BCUT2D eigenvalue weighted by molar-refractivity contribution is 5.93. The number of cyclic esters (lactones) is 1. The quantitative estimate of drug-likeness (QED) is 0.556. The Kier molecular flexibility index (Phi) is 3.62. The van der Waals surface area contributed by atoms with Gasteiger partial charge in [0.05, 0.1) is 30.2 Å². The molecule has 5 bridgehead atoms. The number of methoxy groups -OCH3 is 1. The van der Waals surface area contributed by atoms with Gasteiger partial charge in [0.25, 0.3) is 0 Å². The van der Waals surface area contributed by atoms with Gasteiger partial charge in [0.2, 0.25) is 11.5 Å². The standard InChI is InChI=1S/C22H29NO6/c1-11-16-13-10-15-21(7-4-5-9-24)14(6-8-23(13)21)22(16,28-15)29-18(11)19-17(26-3)12(2)20(25)27-19/h11,13-16,24H,4-10H2,1-3H3/b19-18-/t11-,13?,14?,15?,16?,21?,22+/m0/s1. The van der Waals surface area contributed by atoms with Gasteiger partial charge in [-0.15, -0.1) is 0 Å². The molecule has 7 heteroatoms. The molecule has 0 aliphatic carbocycles. The molecule has 0 aromatic rings. The number of aliphatic hydroxyl groups excluding tert-OH is 1. The number of nitrogens with zero attached hydrogens (tertiary/aromatic N) is 1. The van der Waals surface area contributed by atoms with Crippen LogP contribution in [-0.4, -0.2) is 59.7 Å². The lowest BCUT2D eigenvalue weighted by atomic mass is 9.69. The molecule has 0 amide bonds. The van der Waals surface area contributed by atoms with Crippen LogP contribution in [0.3, 0.4) is 0 Å². The van der Waals surface area contributed by atoms with E-state index in [9.17, 15) is 9.90 Å². The number of carbonyl (C=O) groups excluding carboxylic acids is 1. The smallest absolute Gasteiger partial charge is 0.343 e. The molecule has 7 nitrogen and oxygen atoms in total. The number of fused-ring (bicyclic) bond motifs is 1. The van der Waals surface area contributed by atoms with Gasteiger partial charge in [-0.25, -0.2) is 4.79 Å². The summed E-state index contributed by atoms with van der Waals surface area (Å²) in [6.45, 7) is 5.24. The van der Waals surface area contributed by atoms with Crippen LogP contribution in [0.2, 0.25) is 0 Å². The molecule has 0 aromatic heterocycles. The van der Waals surface area contributed by atoms with Crippen LogP contribution in [0.25, 0.3) is 0 Å². The number of esters is 1. The van der Waals surface area contributed by atoms with Gasteiger partial charge in [0.1, 0.15) is 5.76 Å². The van der Waals surface area contributed by atoms with Gasteiger partial charge in [-0.2, -0.15) is 0 Å². The Hall–Kier alpha value is -1.57. The highest BCUT2D eigenvalue weighted by atomic mass is 16.7. The molecule has 8 atom stereocenters. The molecule has 5 fully saturated rings. The van der Waals surface area contributed by atoms with Crippen LogP contribution in [0.15, 0.2) is 22.9 Å². The van der Waals surface area contributed by atoms with E-state index in [2.05, 4.69) is 11.8 Å². The van der Waals surface area contributed by atoms with Crippen molar-refractivity contribution in [3.63, 3.8) is 0 Å². The SMILES string of the molecule is COC1=C(C)C(=O)O/C1=C1\O[C@@]23OC4CC(C2[C@@H]1C)N1CCC3C41CCCCO. The van der Waals surface area contributed by atoms with Crippen molar-refractivity contribution in [2.75, 3.05) is 20.3 Å². The molecule has 0 radical (unpaired) electrons. The van der Waals surface area contributed by atoms with Crippen molar-refractivity contribution in [1.82, 2.24) is 4.90 Å². The Balaban J connectivity index is 1.43. The van der Waals surface area contributed by atoms with Gasteiger partial charge < -0.3 is 24.1 Å². The molecule has 6 rings (SSSR count). The summed E-state index contributed by atoms with van der Waals surface area (Å²) in [4.78, 5) is 14.9. The average Bonchev–Trinajstić information content (AvgIpc) is 3.40. The first-order chi connectivity index (χ1) is 14.0. The van der Waals surface area contributed by atoms with Crippen molar-refractivity contribution >= 4 is 5.97 Å². The zero-order chi connectivity index (χ0) is 20.1. The second-order valence-electron chi connectivity index (χ2n) is 9.50. The first-order valence-corrected chi connectivity index (χ1v) is 11.0. The second kappa shape index (κ2) is 5.77. The van der Waals surface area contributed by atoms with Gasteiger partial charge in [-0.3, -0.25) is 4.90 Å². The average molecular weight is 403 g/mol. The van der Waals surface area contributed by atoms with Crippen LogP contribution >= 0.6 is 0 Å². The summed E-state index contributed by atoms with van der Waals surface area (Å²) >= 11 is 0. The third-order valence-corrected chi connectivity index (χ3v) is 8.58. The molecule has 1 spiro atoms. The van der Waals surface area contributed by atoms with E-state index < -0.39 is 5.79 Å². The number of piperidine rings is 1. The molecule has 0 saturated carbocycles. The maximum Gasteiger partial charge on any atom is 0.343 e. The Morgan fingerprint density at radius 3 is 2.93 bits per heavy atom. The van der Waals surface area contributed by atoms with Crippen molar-refractivity contribution in [1.29, 1.82) is 0 Å². The summed E-state index contributed by atoms with van der Waals surface area (Å²) in [5, 5.41) is 9.28. The van der Waals surface area contributed by atoms with E-state index in [-0.39, 0.29) is 36.1 Å². The highest BCUT2D eigenvalue weighted by Crippen LogP contribution is 2.73. The maximum absolute atomic E-state index is 12.2. The number of unbranched alkanes of at least 4 members (excludes halogenated alkanes) is 1. The van der Waals surface area contributed by atoms with Gasteiger partial charge in [0.15, 0.2) is 5.76 Å². The first kappa shape index (κ1) is 18.2. The molecule has 5 saturated heterocycles. The number of carbonyl (C=O) groups is 1. The fourth-order valence-electron chi connectivity index (χ4n) is 7.70. The van der Waals surface area contributed by atoms with Crippen molar-refractivity contribution in [2.45, 2.75) is 69.4 Å². The summed E-state index contributed by atoms with van der Waals surface area (Å²) in [5.74, 6) is 1.29. The van der Waals surface area contributed by atoms with Crippen molar-refractivity contribution in [3.8, 4) is 0 Å². The Labute approximate surface area is 170 Å². The zero-order valence-electron chi connectivity index (χ0n) is 17.3. The largest absolute Gasteiger partial charge is 0.492 e. The number of hydrogen-bond donors (Lipinski definition) is 1. The molecule has 6 heterocycles. The van der Waals surface area contributed by atoms with Gasteiger partial charge in [-0.05, 0) is 45.6 Å². The minimum Gasteiger partial charge on any atom is -0.492 e. The lowest BCUT2D eigenvalue weighted by Gasteiger charge is -2.48. The third kappa shape index (κ3) is 1.89. The zero-order valence-corrected chi connectivity index (χ0v) is 17.3. The van der Waals surface area contributed by atoms with Gasteiger partial charge in [0, 0.05) is 24.5 Å². The Morgan fingerprint density at radius 2 is 2.17 bits per heavy atom. The number of rotatable bonds is 5. The molecule has 1 N–H and O–H groups in total. The lowest BCUT2D eigenvalue weighted by Crippen LogP contribution is -2.61. The van der Waals surface area contributed by atoms with Crippen LogP contribution in [0, 0.1) is 17.8 Å². The summed E-state index contributed by atoms with van der Waals surface area (Å²) in [5.41, 5.74) is 0.525. The minimum absolute atomic E-state index is 0.0400. The van der Waals surface area contributed by atoms with E-state index in [1.54, 1.807) is 14.0 Å². The molecule has 6 aliphatic heterocycles. The summed E-state index contributed by atoms with van der Waals surface area (Å²) in [6.07, 6.45) is 5.20. The predicted molar refractivity (Wildman–Crippen MR) is 101 cm³/mol. The van der Waals surface area contributed by atoms with Crippen molar-refractivity contribution < 1.29 is 28.8 Å². The highest BCUT2D eigenvalue weighted by Gasteiger charge is 2.84. The van der Waals surface area contributed by atoms with Crippen LogP contribution in [-0.2, 0) is 23.7 Å². The Morgan fingerprint density at radius 1 is 1.34 bits per heavy atom. The molecule has 158 valence electrons. The Bertz CT molecular complexity index is 850. The first-order valence-electron chi connectivity index (χ1n) is 11.0. The normalized spacial score (nSPS) is 51.1. The second-order valence-corrected chi connectivity index (χ2v) is 9.50. The van der Waals surface area contributed by atoms with Gasteiger partial charge in [-0.1, -0.05) is 6.92 Å². The number of ether oxygens (including phenoxy) is 4. The topological polar surface area (TPSA) is 77.5 Å². The van der Waals surface area contributed by atoms with E-state index in [1.165, 1.54) is 0 Å². The third-order valence-electron chi connectivity index (χ3n) is 8.58. The van der Waals surface area contributed by atoms with E-state index in [0.717, 1.165) is 38.6 Å². The predicted octanol–water partition coefficient (Wildman–Crippen LogP) is 2.06. The van der Waals surface area contributed by atoms with Gasteiger partial charge >= 0.3 is 5.97 Å². The number of allylic oxidation sites excluding steroid dienone is 1. The van der Waals surface area contributed by atoms with Crippen molar-refractivity contribution in [2.24, 2.45) is 17.8 Å². The molecular formula is C22H29NO6. The van der Waals surface area contributed by atoms with Crippen LogP contribution in [0.5, 0.6) is 0 Å². The van der Waals surface area contributed by atoms with Crippen LogP contribution in [0.4, 0.5) is 0 Å². The molecule has 29 heavy (non-hydrogen) atoms. The van der Waals surface area contributed by atoms with Crippen LogP contribution < -0.4 is 0 Å². The monoisotopic (exact) mass is 403 g/mol. The fraction of sp³-hybridized carbons (Fsp3) is 0.773. The summed E-state index contributed by atoms with van der Waals surface area (Å²) in [7, 11) is 1.56. The fourth-order valence-corrected chi connectivity index (χ4v) is 7.70. The minimum atomic E-state index is -0.622. The molecule has 6 unspecified atom stereocenters. The van der Waals surface area contributed by atoms with E-state index in [0.29, 0.717) is 34.8 Å². The van der Waals surface area contributed by atoms with E-state index in [4.69, 9.17) is 18.9 Å². The van der Waals surface area contributed by atoms with E-state index >= 15 is 0 Å². The molecule has 0 aromatic carbocycles. The van der Waals surface area contributed by atoms with Crippen molar-refractivity contribution in [3.05, 3.63) is 22.9 Å². The number of aliphatic hydroxyl groups is 1. The molecular weight excluding hydrogens is 374 g/mol. The molecule has 6 aliphatic rings. The maximum atomic E-state index is 12.2. The van der Waals surface area contributed by atoms with Crippen LogP contribution in [0.1, 0.15) is 46.0 Å². The lowest BCUT2D eigenvalue weighted by molar-refractivity contribution is -0.256.